The molecule has 0 amide bonds. The van der Waals surface area contributed by atoms with Gasteiger partial charge in [-0.25, -0.2) is 0 Å². The van der Waals surface area contributed by atoms with Gasteiger partial charge in [-0.15, -0.1) is 0 Å². The van der Waals surface area contributed by atoms with Gasteiger partial charge in [0.2, 0.25) is 0 Å². The molecule has 0 bridgehead atoms. The Kier molecular flexibility index (Phi) is 7.57. The van der Waals surface area contributed by atoms with Crippen molar-refractivity contribution in [2.75, 3.05) is 19.8 Å². The van der Waals surface area contributed by atoms with E-state index in [4.69, 9.17) is 25.5 Å². The highest BCUT2D eigenvalue weighted by Crippen LogP contribution is 2.24. The lowest BCUT2D eigenvalue weighted by atomic mass is 10.6. The molecule has 14 heavy (non-hydrogen) atoms. The van der Waals surface area contributed by atoms with Crippen LogP contribution in [0.1, 0.15) is 27.7 Å². The molecule has 84 valence electrons. The summed E-state index contributed by atoms with van der Waals surface area (Å²) in [6.07, 6.45) is 0. The van der Waals surface area contributed by atoms with Crippen LogP contribution in [0.5, 0.6) is 0 Å². The van der Waals surface area contributed by atoms with Gasteiger partial charge in [-0.2, -0.15) is 0 Å². The predicted octanol–water partition coefficient (Wildman–Crippen LogP) is 2.42. The van der Waals surface area contributed by atoms with Crippen molar-refractivity contribution in [1.29, 1.82) is 0 Å². The van der Waals surface area contributed by atoms with Crippen molar-refractivity contribution >= 4 is 26.4 Å². The lowest BCUT2D eigenvalue weighted by Crippen LogP contribution is -2.50. The molecule has 0 saturated carbocycles. The Balaban J connectivity index is 4.61. The summed E-state index contributed by atoms with van der Waals surface area (Å²) in [6, 6.07) is 0. The average molecular weight is 236 g/mol. The molecule has 0 aromatic carbocycles. The maximum atomic E-state index is 5.66. The van der Waals surface area contributed by atoms with Crippen molar-refractivity contribution in [3.8, 4) is 0 Å². The molecule has 0 spiro atoms. The van der Waals surface area contributed by atoms with E-state index in [1.165, 1.54) is 0 Å². The van der Waals surface area contributed by atoms with Gasteiger partial charge in [0.15, 0.2) is 0 Å². The van der Waals surface area contributed by atoms with Crippen LogP contribution in [-0.4, -0.2) is 34.0 Å². The molecular formula is C9H20O3SSi. The summed E-state index contributed by atoms with van der Waals surface area (Å²) in [4.78, 5) is 0. The minimum absolute atomic E-state index is 0.0670. The highest BCUT2D eigenvalue weighted by molar-refractivity contribution is 7.79. The van der Waals surface area contributed by atoms with Crippen molar-refractivity contribution < 1.29 is 13.3 Å². The SMILES string of the molecule is CCO[Si](OCC)(OCC)C(C)C=S. The van der Waals surface area contributed by atoms with Crippen LogP contribution >= 0.6 is 12.2 Å². The summed E-state index contributed by atoms with van der Waals surface area (Å²) in [5.74, 6) is 0. The zero-order valence-electron chi connectivity index (χ0n) is 9.41. The van der Waals surface area contributed by atoms with Gasteiger partial charge in [-0.1, -0.05) is 19.1 Å². The molecule has 0 saturated heterocycles. The van der Waals surface area contributed by atoms with Crippen LogP contribution in [0.4, 0.5) is 0 Å². The van der Waals surface area contributed by atoms with Gasteiger partial charge >= 0.3 is 8.80 Å². The van der Waals surface area contributed by atoms with Gasteiger partial charge in [0.1, 0.15) is 0 Å². The van der Waals surface area contributed by atoms with Crippen LogP contribution in [-0.2, 0) is 13.3 Å². The third-order valence-corrected chi connectivity index (χ3v) is 5.80. The molecule has 1 unspecified atom stereocenters. The van der Waals surface area contributed by atoms with Crippen LogP contribution in [0.3, 0.4) is 0 Å². The van der Waals surface area contributed by atoms with E-state index in [0.717, 1.165) is 0 Å². The largest absolute Gasteiger partial charge is 0.508 e. The fourth-order valence-corrected chi connectivity index (χ4v) is 4.12. The van der Waals surface area contributed by atoms with E-state index in [2.05, 4.69) is 0 Å². The van der Waals surface area contributed by atoms with Crippen molar-refractivity contribution in [3.63, 3.8) is 0 Å². The first-order chi connectivity index (χ1) is 6.66. The summed E-state index contributed by atoms with van der Waals surface area (Å²) in [6.45, 7) is 9.60. The van der Waals surface area contributed by atoms with Crippen molar-refractivity contribution in [2.45, 2.75) is 33.2 Å². The zero-order valence-corrected chi connectivity index (χ0v) is 11.2. The second-order valence-corrected chi connectivity index (χ2v) is 6.08. The summed E-state index contributed by atoms with van der Waals surface area (Å²) in [5.41, 5.74) is 0.0670. The number of rotatable bonds is 8. The number of hydrogen-bond donors (Lipinski definition) is 0. The van der Waals surface area contributed by atoms with Gasteiger partial charge in [0.05, 0.1) is 5.54 Å². The van der Waals surface area contributed by atoms with Crippen LogP contribution in [0, 0.1) is 0 Å². The van der Waals surface area contributed by atoms with Gasteiger partial charge in [-0.05, 0) is 26.1 Å². The van der Waals surface area contributed by atoms with E-state index in [1.54, 1.807) is 5.37 Å². The van der Waals surface area contributed by atoms with Crippen LogP contribution < -0.4 is 0 Å². The smallest absolute Gasteiger partial charge is 0.373 e. The minimum Gasteiger partial charge on any atom is -0.373 e. The molecule has 0 aliphatic heterocycles. The Morgan fingerprint density at radius 3 is 1.64 bits per heavy atom. The van der Waals surface area contributed by atoms with Crippen molar-refractivity contribution in [2.24, 2.45) is 0 Å². The lowest BCUT2D eigenvalue weighted by Gasteiger charge is -2.31. The minimum atomic E-state index is -2.56. The van der Waals surface area contributed by atoms with E-state index in [9.17, 15) is 0 Å². The molecule has 0 heterocycles. The first-order valence-corrected chi connectivity index (χ1v) is 7.31. The number of hydrogen-bond acceptors (Lipinski definition) is 4. The quantitative estimate of drug-likeness (QED) is 0.478. The molecule has 0 aromatic rings. The zero-order chi connectivity index (χ0) is 11.0. The number of thiocarbonyl (C=S) groups is 1. The second kappa shape index (κ2) is 7.47. The monoisotopic (exact) mass is 236 g/mol. The molecule has 5 heteroatoms. The Bertz CT molecular complexity index is 149. The summed E-state index contributed by atoms with van der Waals surface area (Å²) in [5, 5.41) is 1.67. The average Bonchev–Trinajstić information content (AvgIpc) is 2.17. The van der Waals surface area contributed by atoms with Crippen LogP contribution in [0.15, 0.2) is 0 Å². The third kappa shape index (κ3) is 3.74. The fourth-order valence-electron chi connectivity index (χ4n) is 1.21. The van der Waals surface area contributed by atoms with E-state index in [-0.39, 0.29) is 5.54 Å². The molecule has 0 fully saturated rings. The van der Waals surface area contributed by atoms with Gasteiger partial charge in [0, 0.05) is 19.8 Å². The first kappa shape index (κ1) is 14.2. The molecule has 0 N–H and O–H groups in total. The molecule has 3 nitrogen and oxygen atoms in total. The molecular weight excluding hydrogens is 216 g/mol. The molecule has 0 aromatic heterocycles. The summed E-state index contributed by atoms with van der Waals surface area (Å²) in [7, 11) is -2.56. The van der Waals surface area contributed by atoms with Gasteiger partial charge in [0.25, 0.3) is 0 Å². The van der Waals surface area contributed by atoms with E-state index in [0.29, 0.717) is 19.8 Å². The Morgan fingerprint density at radius 1 is 1.07 bits per heavy atom. The normalized spacial score (nSPS) is 14.0. The van der Waals surface area contributed by atoms with E-state index >= 15 is 0 Å². The molecule has 0 aliphatic carbocycles. The maximum absolute atomic E-state index is 5.66. The highest BCUT2D eigenvalue weighted by atomic mass is 32.1. The van der Waals surface area contributed by atoms with E-state index < -0.39 is 8.80 Å². The van der Waals surface area contributed by atoms with E-state index in [1.807, 2.05) is 27.7 Å². The highest BCUT2D eigenvalue weighted by Gasteiger charge is 2.45. The van der Waals surface area contributed by atoms with Crippen LogP contribution in [0.2, 0.25) is 5.54 Å². The first-order valence-electron chi connectivity index (χ1n) is 5.03. The molecule has 1 atom stereocenters. The third-order valence-electron chi connectivity index (χ3n) is 1.80. The summed E-state index contributed by atoms with van der Waals surface area (Å²) < 4.78 is 17.0. The molecule has 0 radical (unpaired) electrons. The van der Waals surface area contributed by atoms with Gasteiger partial charge in [-0.3, -0.25) is 0 Å². The van der Waals surface area contributed by atoms with Crippen molar-refractivity contribution in [1.82, 2.24) is 0 Å². The van der Waals surface area contributed by atoms with Gasteiger partial charge < -0.3 is 13.3 Å². The summed E-state index contributed by atoms with van der Waals surface area (Å²) >= 11 is 4.94. The Labute approximate surface area is 93.1 Å². The molecule has 0 rings (SSSR count). The van der Waals surface area contributed by atoms with Crippen molar-refractivity contribution in [3.05, 3.63) is 0 Å². The molecule has 0 aliphatic rings. The topological polar surface area (TPSA) is 27.7 Å². The maximum Gasteiger partial charge on any atom is 0.508 e. The lowest BCUT2D eigenvalue weighted by molar-refractivity contribution is 0.0688. The Hall–Kier alpha value is 0.187. The fraction of sp³-hybridized carbons (Fsp3) is 0.889. The Morgan fingerprint density at radius 2 is 1.43 bits per heavy atom. The standard InChI is InChI=1S/C9H20O3SSi/c1-5-10-14(11-6-2,12-7-3)9(4)8-13/h8-9H,5-7H2,1-4H3. The second-order valence-electron chi connectivity index (χ2n) is 2.83. The van der Waals surface area contributed by atoms with Crippen LogP contribution in [0.25, 0.3) is 0 Å². The predicted molar refractivity (Wildman–Crippen MR) is 63.7 cm³/mol.